The summed E-state index contributed by atoms with van der Waals surface area (Å²) in [6.07, 6.45) is 11.2. The van der Waals surface area contributed by atoms with Crippen molar-refractivity contribution in [3.8, 4) is 5.75 Å². The largest absolute Gasteiger partial charge is 0.493 e. The Labute approximate surface area is 258 Å². The van der Waals surface area contributed by atoms with Gasteiger partial charge in [0.2, 0.25) is 0 Å². The Hall–Kier alpha value is -4.71. The summed E-state index contributed by atoms with van der Waals surface area (Å²) >= 11 is 0. The number of carboxylic acids is 2. The molecule has 0 aliphatic carbocycles. The molecule has 0 heterocycles. The van der Waals surface area contributed by atoms with Gasteiger partial charge in [0.15, 0.2) is 0 Å². The second kappa shape index (κ2) is 16.8. The zero-order chi connectivity index (χ0) is 31.1. The molecular formula is C38H39FO5. The van der Waals surface area contributed by atoms with Crippen molar-refractivity contribution >= 4 is 18.0 Å². The maximum absolute atomic E-state index is 14.3. The fourth-order valence-electron chi connectivity index (χ4n) is 5.12. The van der Waals surface area contributed by atoms with E-state index in [1.807, 2.05) is 36.4 Å². The number of hydrogen-bond acceptors (Lipinski definition) is 3. The third-order valence-corrected chi connectivity index (χ3v) is 7.74. The van der Waals surface area contributed by atoms with Crippen LogP contribution in [0.15, 0.2) is 103 Å². The SMILES string of the molecule is O=C(O)c1ccc(CCC(/C=C/c2cc(F)ccc2OCCCCCc2ccccc2)CCc2ccc(C(=O)O)cc2)cc1. The number of unbranched alkanes of at least 4 members (excludes halogenated alkanes) is 2. The molecule has 0 saturated heterocycles. The second-order valence-electron chi connectivity index (χ2n) is 11.0. The van der Waals surface area contributed by atoms with Crippen molar-refractivity contribution < 1.29 is 28.9 Å². The maximum atomic E-state index is 14.3. The first-order chi connectivity index (χ1) is 21.4. The van der Waals surface area contributed by atoms with Crippen LogP contribution in [0, 0.1) is 11.7 Å². The Morgan fingerprint density at radius 3 is 1.82 bits per heavy atom. The Bertz CT molecular complexity index is 1450. The smallest absolute Gasteiger partial charge is 0.335 e. The van der Waals surface area contributed by atoms with Gasteiger partial charge >= 0.3 is 11.9 Å². The van der Waals surface area contributed by atoms with Crippen LogP contribution >= 0.6 is 0 Å². The van der Waals surface area contributed by atoms with Gasteiger partial charge in [-0.1, -0.05) is 66.7 Å². The molecule has 44 heavy (non-hydrogen) atoms. The van der Waals surface area contributed by atoms with Crippen LogP contribution in [-0.4, -0.2) is 28.8 Å². The van der Waals surface area contributed by atoms with Crippen LogP contribution in [0.3, 0.4) is 0 Å². The Kier molecular flexibility index (Phi) is 12.3. The van der Waals surface area contributed by atoms with Gasteiger partial charge in [0, 0.05) is 5.56 Å². The molecule has 0 atom stereocenters. The number of carboxylic acid groups (broad SMARTS) is 2. The van der Waals surface area contributed by atoms with Gasteiger partial charge in [0.05, 0.1) is 17.7 Å². The standard InChI is InChI=1S/C38H39FO5/c39-35-24-25-36(44-26-6-2-5-9-28-7-3-1-4-8-28)34(27-35)23-18-29(10-12-30-14-19-32(20-15-30)37(40)41)11-13-31-16-21-33(22-17-31)38(42)43/h1,3-4,7-8,14-25,27,29H,2,5-6,9-13,26H2,(H,40,41)(H,42,43)/b23-18+. The first-order valence-electron chi connectivity index (χ1n) is 15.2. The highest BCUT2D eigenvalue weighted by atomic mass is 19.1. The van der Waals surface area contributed by atoms with Crippen molar-refractivity contribution in [1.82, 2.24) is 0 Å². The molecule has 0 unspecified atom stereocenters. The monoisotopic (exact) mass is 594 g/mol. The third kappa shape index (κ3) is 10.5. The van der Waals surface area contributed by atoms with Gasteiger partial charge < -0.3 is 14.9 Å². The molecule has 5 nitrogen and oxygen atoms in total. The minimum absolute atomic E-state index is 0.141. The predicted octanol–water partition coefficient (Wildman–Crippen LogP) is 8.91. The minimum Gasteiger partial charge on any atom is -0.493 e. The molecule has 6 heteroatoms. The van der Waals surface area contributed by atoms with E-state index in [0.717, 1.165) is 62.5 Å². The van der Waals surface area contributed by atoms with E-state index < -0.39 is 11.9 Å². The van der Waals surface area contributed by atoms with Crippen molar-refractivity contribution in [1.29, 1.82) is 0 Å². The van der Waals surface area contributed by atoms with E-state index in [2.05, 4.69) is 30.3 Å². The first-order valence-corrected chi connectivity index (χ1v) is 15.2. The summed E-state index contributed by atoms with van der Waals surface area (Å²) in [6.45, 7) is 0.559. The van der Waals surface area contributed by atoms with Gasteiger partial charge in [-0.2, -0.15) is 0 Å². The Morgan fingerprint density at radius 2 is 1.25 bits per heavy atom. The van der Waals surface area contributed by atoms with Crippen LogP contribution in [-0.2, 0) is 19.3 Å². The van der Waals surface area contributed by atoms with Gasteiger partial charge in [-0.05, 0) is 116 Å². The fraction of sp³-hybridized carbons (Fsp3) is 0.263. The lowest BCUT2D eigenvalue weighted by molar-refractivity contribution is 0.0686. The van der Waals surface area contributed by atoms with E-state index in [1.54, 1.807) is 30.3 Å². The summed E-state index contributed by atoms with van der Waals surface area (Å²) < 4.78 is 20.3. The lowest BCUT2D eigenvalue weighted by Gasteiger charge is -2.15. The number of benzene rings is 4. The Morgan fingerprint density at radius 1 is 0.682 bits per heavy atom. The average molecular weight is 595 g/mol. The second-order valence-corrected chi connectivity index (χ2v) is 11.0. The van der Waals surface area contributed by atoms with Gasteiger partial charge in [-0.15, -0.1) is 0 Å². The van der Waals surface area contributed by atoms with Crippen LogP contribution in [0.4, 0.5) is 4.39 Å². The lowest BCUT2D eigenvalue weighted by Crippen LogP contribution is -2.03. The molecule has 0 spiro atoms. The summed E-state index contributed by atoms with van der Waals surface area (Å²) in [5.41, 5.74) is 4.62. The van der Waals surface area contributed by atoms with Crippen molar-refractivity contribution in [2.24, 2.45) is 5.92 Å². The van der Waals surface area contributed by atoms with Crippen molar-refractivity contribution in [2.75, 3.05) is 6.61 Å². The molecule has 0 amide bonds. The number of rotatable bonds is 17. The molecular weight excluding hydrogens is 555 g/mol. The first kappa shape index (κ1) is 32.2. The van der Waals surface area contributed by atoms with Crippen LogP contribution in [0.2, 0.25) is 0 Å². The molecule has 0 aliphatic rings. The fourth-order valence-corrected chi connectivity index (χ4v) is 5.12. The lowest BCUT2D eigenvalue weighted by atomic mass is 9.91. The third-order valence-electron chi connectivity index (χ3n) is 7.74. The number of ether oxygens (including phenoxy) is 1. The molecule has 0 radical (unpaired) electrons. The molecule has 0 aromatic heterocycles. The van der Waals surface area contributed by atoms with Crippen LogP contribution in [0.25, 0.3) is 6.08 Å². The summed E-state index contributed by atoms with van der Waals surface area (Å²) in [4.78, 5) is 22.4. The number of hydrogen-bond donors (Lipinski definition) is 2. The van der Waals surface area contributed by atoms with Crippen LogP contribution < -0.4 is 4.74 Å². The molecule has 4 rings (SSSR count). The highest BCUT2D eigenvalue weighted by molar-refractivity contribution is 5.88. The number of aromatic carboxylic acids is 2. The number of halogens is 1. The van der Waals surface area contributed by atoms with Gasteiger partial charge in [-0.25, -0.2) is 14.0 Å². The topological polar surface area (TPSA) is 83.8 Å². The van der Waals surface area contributed by atoms with Crippen molar-refractivity contribution in [2.45, 2.75) is 51.4 Å². The molecule has 228 valence electrons. The van der Waals surface area contributed by atoms with E-state index in [0.29, 0.717) is 17.9 Å². The number of allylic oxidation sites excluding steroid dienone is 1. The molecule has 0 saturated carbocycles. The summed E-state index contributed by atoms with van der Waals surface area (Å²) in [7, 11) is 0. The normalized spacial score (nSPS) is 11.2. The van der Waals surface area contributed by atoms with Crippen molar-refractivity contribution in [3.63, 3.8) is 0 Å². The van der Waals surface area contributed by atoms with Gasteiger partial charge in [0.25, 0.3) is 0 Å². The summed E-state index contributed by atoms with van der Waals surface area (Å²) in [5.74, 6) is -1.44. The zero-order valence-electron chi connectivity index (χ0n) is 24.8. The molecule has 4 aromatic rings. The van der Waals surface area contributed by atoms with Gasteiger partial charge in [0.1, 0.15) is 11.6 Å². The number of aryl methyl sites for hydroxylation is 3. The highest BCUT2D eigenvalue weighted by Crippen LogP contribution is 2.25. The summed E-state index contributed by atoms with van der Waals surface area (Å²) in [6, 6.07) is 28.8. The van der Waals surface area contributed by atoms with E-state index in [1.165, 1.54) is 17.7 Å². The highest BCUT2D eigenvalue weighted by Gasteiger charge is 2.11. The molecule has 0 fully saturated rings. The maximum Gasteiger partial charge on any atom is 0.335 e. The number of carbonyl (C=O) groups is 2. The molecule has 2 N–H and O–H groups in total. The Balaban J connectivity index is 1.39. The van der Waals surface area contributed by atoms with Crippen LogP contribution in [0.1, 0.15) is 75.1 Å². The van der Waals surface area contributed by atoms with Crippen LogP contribution in [0.5, 0.6) is 5.75 Å². The summed E-state index contributed by atoms with van der Waals surface area (Å²) in [5, 5.41) is 18.4. The van der Waals surface area contributed by atoms with E-state index in [9.17, 15) is 24.2 Å². The van der Waals surface area contributed by atoms with E-state index >= 15 is 0 Å². The quantitative estimate of drug-likeness (QED) is 0.119. The zero-order valence-corrected chi connectivity index (χ0v) is 24.8. The van der Waals surface area contributed by atoms with E-state index in [4.69, 9.17) is 4.74 Å². The minimum atomic E-state index is -0.952. The molecule has 0 aliphatic heterocycles. The molecule has 4 aromatic carbocycles. The predicted molar refractivity (Wildman–Crippen MR) is 172 cm³/mol. The van der Waals surface area contributed by atoms with Crippen molar-refractivity contribution in [3.05, 3.63) is 142 Å². The van der Waals surface area contributed by atoms with E-state index in [-0.39, 0.29) is 22.9 Å². The van der Waals surface area contributed by atoms with Gasteiger partial charge in [-0.3, -0.25) is 0 Å². The average Bonchev–Trinajstić information content (AvgIpc) is 3.04. The molecule has 0 bridgehead atoms.